The molecule has 2 aliphatic heterocycles. The summed E-state index contributed by atoms with van der Waals surface area (Å²) in [5.74, 6) is 0. The zero-order chi connectivity index (χ0) is 7.73. The molecule has 0 aromatic heterocycles. The van der Waals surface area contributed by atoms with Gasteiger partial charge in [-0.1, -0.05) is 0 Å². The topological polar surface area (TPSA) is 44.5 Å². The fraction of sp³-hybridized carbons (Fsp3) is 1.00. The van der Waals surface area contributed by atoms with E-state index in [2.05, 4.69) is 0 Å². The third-order valence-corrected chi connectivity index (χ3v) is 2.67. The lowest BCUT2D eigenvalue weighted by atomic mass is 9.99. The lowest BCUT2D eigenvalue weighted by molar-refractivity contribution is -0.0407. The van der Waals surface area contributed by atoms with Crippen LogP contribution in [0.25, 0.3) is 0 Å². The standard InChI is InChI=1S/C8H15NO2/c9-5-7-1-2-8(11-7)3-4-10-6-8/h7H,1-6,9H2/t7-,8-/m1/s1. The van der Waals surface area contributed by atoms with Gasteiger partial charge in [-0.15, -0.1) is 0 Å². The molecule has 2 heterocycles. The molecule has 2 fully saturated rings. The van der Waals surface area contributed by atoms with E-state index in [0.717, 1.165) is 32.5 Å². The Morgan fingerprint density at radius 3 is 2.91 bits per heavy atom. The Labute approximate surface area is 66.8 Å². The maximum Gasteiger partial charge on any atom is 0.0942 e. The Morgan fingerprint density at radius 1 is 1.45 bits per heavy atom. The van der Waals surface area contributed by atoms with Gasteiger partial charge in [-0.05, 0) is 12.8 Å². The van der Waals surface area contributed by atoms with E-state index in [4.69, 9.17) is 15.2 Å². The minimum atomic E-state index is 0.0596. The Balaban J connectivity index is 1.96. The molecule has 64 valence electrons. The SMILES string of the molecule is NC[C@H]1CC[C@]2(CCOC2)O1. The fourth-order valence-corrected chi connectivity index (χ4v) is 1.94. The molecule has 1 spiro atoms. The van der Waals surface area contributed by atoms with E-state index in [1.54, 1.807) is 0 Å². The van der Waals surface area contributed by atoms with Crippen molar-refractivity contribution >= 4 is 0 Å². The molecule has 3 nitrogen and oxygen atoms in total. The highest BCUT2D eigenvalue weighted by atomic mass is 16.6. The van der Waals surface area contributed by atoms with Crippen molar-refractivity contribution < 1.29 is 9.47 Å². The number of hydrogen-bond acceptors (Lipinski definition) is 3. The van der Waals surface area contributed by atoms with Crippen LogP contribution in [0.15, 0.2) is 0 Å². The zero-order valence-corrected chi connectivity index (χ0v) is 6.71. The van der Waals surface area contributed by atoms with Crippen molar-refractivity contribution in [3.63, 3.8) is 0 Å². The predicted octanol–water partition coefficient (Wildman–Crippen LogP) is 0.283. The van der Waals surface area contributed by atoms with Crippen LogP contribution in [0.3, 0.4) is 0 Å². The monoisotopic (exact) mass is 157 g/mol. The second-order valence-corrected chi connectivity index (χ2v) is 3.50. The Bertz CT molecular complexity index is 143. The van der Waals surface area contributed by atoms with Crippen molar-refractivity contribution in [3.8, 4) is 0 Å². The Hall–Kier alpha value is -0.120. The van der Waals surface area contributed by atoms with Gasteiger partial charge in [-0.3, -0.25) is 0 Å². The van der Waals surface area contributed by atoms with Gasteiger partial charge in [0.05, 0.1) is 18.3 Å². The van der Waals surface area contributed by atoms with Crippen LogP contribution in [0.1, 0.15) is 19.3 Å². The fourth-order valence-electron chi connectivity index (χ4n) is 1.94. The molecule has 2 saturated heterocycles. The molecular weight excluding hydrogens is 142 g/mol. The first-order chi connectivity index (χ1) is 5.35. The predicted molar refractivity (Wildman–Crippen MR) is 41.3 cm³/mol. The van der Waals surface area contributed by atoms with Crippen LogP contribution in [0.5, 0.6) is 0 Å². The number of hydrogen-bond donors (Lipinski definition) is 1. The van der Waals surface area contributed by atoms with Gasteiger partial charge in [0.25, 0.3) is 0 Å². The minimum absolute atomic E-state index is 0.0596. The summed E-state index contributed by atoms with van der Waals surface area (Å²) in [6, 6.07) is 0. The molecule has 2 aliphatic rings. The lowest BCUT2D eigenvalue weighted by Gasteiger charge is -2.21. The molecule has 11 heavy (non-hydrogen) atoms. The van der Waals surface area contributed by atoms with Gasteiger partial charge in [-0.25, -0.2) is 0 Å². The van der Waals surface area contributed by atoms with Crippen LogP contribution in [-0.4, -0.2) is 31.5 Å². The van der Waals surface area contributed by atoms with Crippen LogP contribution >= 0.6 is 0 Å². The summed E-state index contributed by atoms with van der Waals surface area (Å²) in [5, 5.41) is 0. The van der Waals surface area contributed by atoms with E-state index in [9.17, 15) is 0 Å². The van der Waals surface area contributed by atoms with Gasteiger partial charge in [0.15, 0.2) is 0 Å². The van der Waals surface area contributed by atoms with Gasteiger partial charge >= 0.3 is 0 Å². The van der Waals surface area contributed by atoms with Gasteiger partial charge < -0.3 is 15.2 Å². The Morgan fingerprint density at radius 2 is 2.36 bits per heavy atom. The summed E-state index contributed by atoms with van der Waals surface area (Å²) in [6.07, 6.45) is 3.59. The number of nitrogens with two attached hydrogens (primary N) is 1. The van der Waals surface area contributed by atoms with Crippen LogP contribution < -0.4 is 5.73 Å². The maximum atomic E-state index is 5.81. The summed E-state index contributed by atoms with van der Waals surface area (Å²) >= 11 is 0. The van der Waals surface area contributed by atoms with E-state index in [-0.39, 0.29) is 11.7 Å². The van der Waals surface area contributed by atoms with Gasteiger partial charge in [0, 0.05) is 19.6 Å². The first-order valence-corrected chi connectivity index (χ1v) is 4.30. The number of rotatable bonds is 1. The minimum Gasteiger partial charge on any atom is -0.378 e. The van der Waals surface area contributed by atoms with Crippen molar-refractivity contribution in [3.05, 3.63) is 0 Å². The molecule has 0 aliphatic carbocycles. The number of ether oxygens (including phenoxy) is 2. The van der Waals surface area contributed by atoms with E-state index in [1.165, 1.54) is 0 Å². The molecule has 0 aromatic carbocycles. The van der Waals surface area contributed by atoms with Gasteiger partial charge in [0.1, 0.15) is 0 Å². The largest absolute Gasteiger partial charge is 0.378 e. The summed E-state index contributed by atoms with van der Waals surface area (Å²) in [5.41, 5.74) is 5.58. The molecular formula is C8H15NO2. The summed E-state index contributed by atoms with van der Waals surface area (Å²) in [6.45, 7) is 2.29. The summed E-state index contributed by atoms with van der Waals surface area (Å²) in [4.78, 5) is 0. The maximum absolute atomic E-state index is 5.81. The smallest absolute Gasteiger partial charge is 0.0942 e. The van der Waals surface area contributed by atoms with Crippen molar-refractivity contribution in [2.24, 2.45) is 5.73 Å². The third kappa shape index (κ3) is 1.28. The molecule has 3 heteroatoms. The molecule has 0 saturated carbocycles. The van der Waals surface area contributed by atoms with Crippen LogP contribution in [0, 0.1) is 0 Å². The molecule has 2 rings (SSSR count). The average molecular weight is 157 g/mol. The van der Waals surface area contributed by atoms with Crippen LogP contribution in [0.4, 0.5) is 0 Å². The molecule has 2 atom stereocenters. The lowest BCUT2D eigenvalue weighted by Crippen LogP contribution is -2.31. The van der Waals surface area contributed by atoms with Gasteiger partial charge in [-0.2, -0.15) is 0 Å². The van der Waals surface area contributed by atoms with Crippen LogP contribution in [-0.2, 0) is 9.47 Å². The quantitative estimate of drug-likeness (QED) is 0.594. The Kier molecular flexibility index (Phi) is 1.87. The first kappa shape index (κ1) is 7.53. The molecule has 2 N–H and O–H groups in total. The first-order valence-electron chi connectivity index (χ1n) is 4.30. The molecule has 0 amide bonds. The average Bonchev–Trinajstić information content (AvgIpc) is 2.62. The highest BCUT2D eigenvalue weighted by Crippen LogP contribution is 2.36. The molecule has 0 radical (unpaired) electrons. The highest BCUT2D eigenvalue weighted by Gasteiger charge is 2.42. The normalized spacial score (nSPS) is 43.9. The van der Waals surface area contributed by atoms with Crippen molar-refractivity contribution in [1.29, 1.82) is 0 Å². The van der Waals surface area contributed by atoms with Crippen molar-refractivity contribution in [2.45, 2.75) is 31.0 Å². The van der Waals surface area contributed by atoms with E-state index >= 15 is 0 Å². The van der Waals surface area contributed by atoms with Crippen molar-refractivity contribution in [1.82, 2.24) is 0 Å². The molecule has 0 unspecified atom stereocenters. The van der Waals surface area contributed by atoms with Crippen molar-refractivity contribution in [2.75, 3.05) is 19.8 Å². The second-order valence-electron chi connectivity index (χ2n) is 3.50. The van der Waals surface area contributed by atoms with E-state index in [0.29, 0.717) is 6.54 Å². The summed E-state index contributed by atoms with van der Waals surface area (Å²) in [7, 11) is 0. The summed E-state index contributed by atoms with van der Waals surface area (Å²) < 4.78 is 11.1. The molecule has 0 bridgehead atoms. The van der Waals surface area contributed by atoms with Crippen LogP contribution in [0.2, 0.25) is 0 Å². The highest BCUT2D eigenvalue weighted by molar-refractivity contribution is 4.92. The van der Waals surface area contributed by atoms with Gasteiger partial charge in [0.2, 0.25) is 0 Å². The second kappa shape index (κ2) is 2.73. The van der Waals surface area contributed by atoms with E-state index < -0.39 is 0 Å². The third-order valence-electron chi connectivity index (χ3n) is 2.67. The van der Waals surface area contributed by atoms with E-state index in [1.807, 2.05) is 0 Å². The molecule has 0 aromatic rings. The zero-order valence-electron chi connectivity index (χ0n) is 6.71.